The molecule has 2 aliphatic heterocycles. The zero-order chi connectivity index (χ0) is 13.8. The van der Waals surface area contributed by atoms with Crippen LogP contribution in [0.2, 0.25) is 0 Å². The fourth-order valence-corrected chi connectivity index (χ4v) is 3.08. The summed E-state index contributed by atoms with van der Waals surface area (Å²) in [6.45, 7) is 8.21. The molecular formula is C17H23N3. The number of hydrogen-bond donors (Lipinski definition) is 0. The lowest BCUT2D eigenvalue weighted by atomic mass is 10.0. The van der Waals surface area contributed by atoms with Gasteiger partial charge in [-0.15, -0.1) is 6.58 Å². The molecule has 0 unspecified atom stereocenters. The minimum atomic E-state index is 0.682. The summed E-state index contributed by atoms with van der Waals surface area (Å²) < 4.78 is 0. The SMILES string of the molecule is C=CCN1CCC(N2C=CN(c3ccccc3)C2)CC1. The number of nitrogens with zero attached hydrogens (tertiary/aromatic N) is 3. The number of rotatable bonds is 4. The van der Waals surface area contributed by atoms with Gasteiger partial charge >= 0.3 is 0 Å². The second-order valence-corrected chi connectivity index (χ2v) is 5.58. The molecular weight excluding hydrogens is 246 g/mol. The molecule has 1 fully saturated rings. The summed E-state index contributed by atoms with van der Waals surface area (Å²) >= 11 is 0. The molecule has 3 rings (SSSR count). The van der Waals surface area contributed by atoms with Crippen LogP contribution in [0.15, 0.2) is 55.4 Å². The Morgan fingerprint density at radius 1 is 1.10 bits per heavy atom. The van der Waals surface area contributed by atoms with Crippen LogP contribution in [0.4, 0.5) is 5.69 Å². The number of hydrogen-bond acceptors (Lipinski definition) is 3. The molecule has 1 aromatic carbocycles. The molecule has 3 heteroatoms. The number of para-hydroxylation sites is 1. The van der Waals surface area contributed by atoms with E-state index in [1.54, 1.807) is 0 Å². The molecule has 0 amide bonds. The average molecular weight is 269 g/mol. The predicted molar refractivity (Wildman–Crippen MR) is 84.4 cm³/mol. The van der Waals surface area contributed by atoms with Crippen molar-refractivity contribution in [1.82, 2.24) is 9.80 Å². The number of benzene rings is 1. The van der Waals surface area contributed by atoms with Gasteiger partial charge in [-0.05, 0) is 25.0 Å². The smallest absolute Gasteiger partial charge is 0.0944 e. The average Bonchev–Trinajstić information content (AvgIpc) is 2.99. The van der Waals surface area contributed by atoms with Crippen molar-refractivity contribution < 1.29 is 0 Å². The molecule has 2 heterocycles. The van der Waals surface area contributed by atoms with Crippen LogP contribution in [0.1, 0.15) is 12.8 Å². The summed E-state index contributed by atoms with van der Waals surface area (Å²) in [4.78, 5) is 7.28. The molecule has 0 aromatic heterocycles. The Labute approximate surface area is 121 Å². The van der Waals surface area contributed by atoms with Crippen molar-refractivity contribution in [1.29, 1.82) is 0 Å². The molecule has 0 aliphatic carbocycles. The predicted octanol–water partition coefficient (Wildman–Crippen LogP) is 2.89. The maximum atomic E-state index is 3.82. The Balaban J connectivity index is 1.54. The van der Waals surface area contributed by atoms with Crippen molar-refractivity contribution >= 4 is 5.69 Å². The van der Waals surface area contributed by atoms with Gasteiger partial charge in [-0.1, -0.05) is 24.3 Å². The highest BCUT2D eigenvalue weighted by Gasteiger charge is 2.25. The summed E-state index contributed by atoms with van der Waals surface area (Å²) in [6, 6.07) is 11.3. The van der Waals surface area contributed by atoms with E-state index in [1.807, 2.05) is 6.08 Å². The lowest BCUT2D eigenvalue weighted by Crippen LogP contribution is -2.43. The Bertz CT molecular complexity index is 460. The van der Waals surface area contributed by atoms with Crippen molar-refractivity contribution in [2.24, 2.45) is 0 Å². The van der Waals surface area contributed by atoms with Gasteiger partial charge in [0.2, 0.25) is 0 Å². The standard InChI is InChI=1S/C17H23N3/c1-2-10-18-11-8-17(9-12-18)20-14-13-19(15-20)16-6-4-3-5-7-16/h2-7,13-14,17H,1,8-12,15H2. The van der Waals surface area contributed by atoms with E-state index in [9.17, 15) is 0 Å². The first-order chi connectivity index (χ1) is 9.86. The van der Waals surface area contributed by atoms with Gasteiger partial charge in [-0.25, -0.2) is 0 Å². The van der Waals surface area contributed by atoms with E-state index < -0.39 is 0 Å². The third-order valence-electron chi connectivity index (χ3n) is 4.26. The second kappa shape index (κ2) is 6.14. The van der Waals surface area contributed by atoms with Gasteiger partial charge in [0.05, 0.1) is 6.67 Å². The molecule has 0 radical (unpaired) electrons. The summed E-state index contributed by atoms with van der Waals surface area (Å²) in [5, 5.41) is 0. The summed E-state index contributed by atoms with van der Waals surface area (Å²) in [5.74, 6) is 0. The van der Waals surface area contributed by atoms with Crippen molar-refractivity contribution in [3.63, 3.8) is 0 Å². The molecule has 2 aliphatic rings. The largest absolute Gasteiger partial charge is 0.355 e. The van der Waals surface area contributed by atoms with E-state index in [-0.39, 0.29) is 0 Å². The fraction of sp³-hybridized carbons (Fsp3) is 0.412. The van der Waals surface area contributed by atoms with Gasteiger partial charge < -0.3 is 9.80 Å². The van der Waals surface area contributed by atoms with Crippen molar-refractivity contribution in [2.75, 3.05) is 31.2 Å². The van der Waals surface area contributed by atoms with E-state index >= 15 is 0 Å². The molecule has 0 saturated carbocycles. The van der Waals surface area contributed by atoms with Crippen LogP contribution in [0.25, 0.3) is 0 Å². The summed E-state index contributed by atoms with van der Waals surface area (Å²) in [7, 11) is 0. The maximum absolute atomic E-state index is 3.82. The van der Waals surface area contributed by atoms with Gasteiger partial charge in [-0.3, -0.25) is 4.90 Å². The van der Waals surface area contributed by atoms with E-state index in [0.717, 1.165) is 13.2 Å². The van der Waals surface area contributed by atoms with Crippen molar-refractivity contribution in [3.05, 3.63) is 55.4 Å². The quantitative estimate of drug-likeness (QED) is 0.778. The Morgan fingerprint density at radius 3 is 2.55 bits per heavy atom. The van der Waals surface area contributed by atoms with Crippen LogP contribution >= 0.6 is 0 Å². The normalized spacial score (nSPS) is 20.6. The Morgan fingerprint density at radius 2 is 1.85 bits per heavy atom. The van der Waals surface area contributed by atoms with Gasteiger partial charge in [0.15, 0.2) is 0 Å². The molecule has 3 nitrogen and oxygen atoms in total. The second-order valence-electron chi connectivity index (χ2n) is 5.58. The molecule has 0 spiro atoms. The van der Waals surface area contributed by atoms with Crippen molar-refractivity contribution in [3.8, 4) is 0 Å². The van der Waals surface area contributed by atoms with Crippen LogP contribution < -0.4 is 4.90 Å². The molecule has 0 bridgehead atoms. The van der Waals surface area contributed by atoms with Crippen LogP contribution in [-0.4, -0.2) is 42.1 Å². The Kier molecular flexibility index (Phi) is 4.07. The third-order valence-corrected chi connectivity index (χ3v) is 4.26. The highest BCUT2D eigenvalue weighted by molar-refractivity contribution is 5.49. The van der Waals surface area contributed by atoms with Gasteiger partial charge in [0.25, 0.3) is 0 Å². The van der Waals surface area contributed by atoms with Crippen LogP contribution in [-0.2, 0) is 0 Å². The molecule has 20 heavy (non-hydrogen) atoms. The summed E-state index contributed by atoms with van der Waals surface area (Å²) in [6.07, 6.45) is 8.96. The molecule has 106 valence electrons. The van der Waals surface area contributed by atoms with E-state index in [0.29, 0.717) is 6.04 Å². The number of anilines is 1. The molecule has 0 N–H and O–H groups in total. The minimum absolute atomic E-state index is 0.682. The summed E-state index contributed by atoms with van der Waals surface area (Å²) in [5.41, 5.74) is 1.27. The zero-order valence-electron chi connectivity index (χ0n) is 12.0. The highest BCUT2D eigenvalue weighted by atomic mass is 15.4. The minimum Gasteiger partial charge on any atom is -0.355 e. The topological polar surface area (TPSA) is 9.72 Å². The first kappa shape index (κ1) is 13.3. The zero-order valence-corrected chi connectivity index (χ0v) is 12.0. The van der Waals surface area contributed by atoms with Gasteiger partial charge in [-0.2, -0.15) is 0 Å². The fourth-order valence-electron chi connectivity index (χ4n) is 3.08. The third kappa shape index (κ3) is 2.88. The lowest BCUT2D eigenvalue weighted by Gasteiger charge is -2.36. The van der Waals surface area contributed by atoms with E-state index in [1.165, 1.54) is 31.6 Å². The van der Waals surface area contributed by atoms with Crippen LogP contribution in [0.3, 0.4) is 0 Å². The molecule has 1 aromatic rings. The lowest BCUT2D eigenvalue weighted by molar-refractivity contribution is 0.157. The Hall–Kier alpha value is -1.74. The first-order valence-corrected chi connectivity index (χ1v) is 7.46. The van der Waals surface area contributed by atoms with E-state index in [2.05, 4.69) is 64.0 Å². The maximum Gasteiger partial charge on any atom is 0.0944 e. The van der Waals surface area contributed by atoms with Gasteiger partial charge in [0.1, 0.15) is 0 Å². The first-order valence-electron chi connectivity index (χ1n) is 7.46. The number of piperidine rings is 1. The van der Waals surface area contributed by atoms with Crippen LogP contribution in [0, 0.1) is 0 Å². The monoisotopic (exact) mass is 269 g/mol. The highest BCUT2D eigenvalue weighted by Crippen LogP contribution is 2.24. The number of likely N-dealkylation sites (tertiary alicyclic amines) is 1. The van der Waals surface area contributed by atoms with Crippen LogP contribution in [0.5, 0.6) is 0 Å². The molecule has 0 atom stereocenters. The van der Waals surface area contributed by atoms with Crippen molar-refractivity contribution in [2.45, 2.75) is 18.9 Å². The molecule has 1 saturated heterocycles. The van der Waals surface area contributed by atoms with Gasteiger partial charge in [0, 0.05) is 43.8 Å². The van der Waals surface area contributed by atoms with E-state index in [4.69, 9.17) is 0 Å².